The average molecular weight is 472 g/mol. The Morgan fingerprint density at radius 3 is 1.68 bits per heavy atom. The molecule has 0 radical (unpaired) electrons. The lowest BCUT2D eigenvalue weighted by Gasteiger charge is -2.43. The van der Waals surface area contributed by atoms with Crippen molar-refractivity contribution in [3.05, 3.63) is 137 Å². The van der Waals surface area contributed by atoms with E-state index < -0.39 is 17.0 Å². The molecular weight excluding hydrogens is 446 g/mol. The van der Waals surface area contributed by atoms with Gasteiger partial charge in [-0.05, 0) is 41.8 Å². The smallest absolute Gasteiger partial charge is 0.327 e. The molecule has 4 aromatic carbocycles. The van der Waals surface area contributed by atoms with Crippen LogP contribution in [0.4, 0.5) is 0 Å². The van der Waals surface area contributed by atoms with Crippen molar-refractivity contribution < 1.29 is 14.6 Å². The standard InChI is InChI=1S/C29H26ClNO3/c1-28(27(32)33,21-34-26-19-11-18-25(30)20-26)31-29(22-12-5-2-6-13-22,23-14-7-3-8-15-23)24-16-9-4-10-17-24/h2-20,31H,21H2,1H3,(H,32,33)/t28-/m0/s1. The highest BCUT2D eigenvalue weighted by molar-refractivity contribution is 6.30. The van der Waals surface area contributed by atoms with Gasteiger partial charge in [0, 0.05) is 5.02 Å². The van der Waals surface area contributed by atoms with Gasteiger partial charge in [0.05, 0.1) is 5.54 Å². The first-order chi connectivity index (χ1) is 16.4. The third kappa shape index (κ3) is 4.84. The summed E-state index contributed by atoms with van der Waals surface area (Å²) in [6, 6.07) is 36.6. The van der Waals surface area contributed by atoms with Crippen molar-refractivity contribution in [2.45, 2.75) is 18.0 Å². The fraction of sp³-hybridized carbons (Fsp3) is 0.138. The number of carboxylic acids is 1. The molecule has 0 spiro atoms. The Bertz CT molecular complexity index is 1140. The summed E-state index contributed by atoms with van der Waals surface area (Å²) >= 11 is 6.09. The van der Waals surface area contributed by atoms with Gasteiger partial charge in [-0.2, -0.15) is 0 Å². The first kappa shape index (κ1) is 23.6. The first-order valence-electron chi connectivity index (χ1n) is 11.0. The van der Waals surface area contributed by atoms with E-state index in [4.69, 9.17) is 16.3 Å². The van der Waals surface area contributed by atoms with Crippen LogP contribution in [-0.4, -0.2) is 23.2 Å². The second-order valence-electron chi connectivity index (χ2n) is 8.36. The lowest BCUT2D eigenvalue weighted by atomic mass is 9.75. The van der Waals surface area contributed by atoms with Crippen LogP contribution in [0.15, 0.2) is 115 Å². The van der Waals surface area contributed by atoms with Gasteiger partial charge >= 0.3 is 5.97 Å². The van der Waals surface area contributed by atoms with Crippen molar-refractivity contribution >= 4 is 17.6 Å². The fourth-order valence-corrected chi connectivity index (χ4v) is 4.31. The molecule has 0 unspecified atom stereocenters. The zero-order valence-corrected chi connectivity index (χ0v) is 19.6. The van der Waals surface area contributed by atoms with Gasteiger partial charge in [0.1, 0.15) is 17.9 Å². The van der Waals surface area contributed by atoms with Crippen molar-refractivity contribution in [3.63, 3.8) is 0 Å². The molecule has 0 bridgehead atoms. The van der Waals surface area contributed by atoms with Crippen molar-refractivity contribution in [2.24, 2.45) is 0 Å². The van der Waals surface area contributed by atoms with E-state index >= 15 is 0 Å². The maximum absolute atomic E-state index is 12.7. The van der Waals surface area contributed by atoms with Gasteiger partial charge in [-0.25, -0.2) is 0 Å². The number of aliphatic carboxylic acids is 1. The highest BCUT2D eigenvalue weighted by Gasteiger charge is 2.46. The van der Waals surface area contributed by atoms with Crippen LogP contribution in [0.25, 0.3) is 0 Å². The molecule has 0 aliphatic rings. The first-order valence-corrected chi connectivity index (χ1v) is 11.4. The molecule has 0 aromatic heterocycles. The number of ether oxygens (including phenoxy) is 1. The molecule has 0 fully saturated rings. The maximum atomic E-state index is 12.7. The van der Waals surface area contributed by atoms with Crippen molar-refractivity contribution in [1.29, 1.82) is 0 Å². The van der Waals surface area contributed by atoms with Crippen LogP contribution in [-0.2, 0) is 10.3 Å². The minimum atomic E-state index is -1.45. The quantitative estimate of drug-likeness (QED) is 0.288. The predicted octanol–water partition coefficient (Wildman–Crippen LogP) is 6.14. The Hall–Kier alpha value is -3.60. The molecule has 0 aliphatic heterocycles. The zero-order chi connectivity index (χ0) is 24.0. The van der Waals surface area contributed by atoms with Gasteiger partial charge in [0.25, 0.3) is 0 Å². The van der Waals surface area contributed by atoms with Crippen molar-refractivity contribution in [2.75, 3.05) is 6.61 Å². The Morgan fingerprint density at radius 1 is 0.794 bits per heavy atom. The van der Waals surface area contributed by atoms with Crippen LogP contribution in [0.1, 0.15) is 23.6 Å². The second-order valence-corrected chi connectivity index (χ2v) is 8.79. The van der Waals surface area contributed by atoms with Gasteiger partial charge in [0.15, 0.2) is 0 Å². The summed E-state index contributed by atoms with van der Waals surface area (Å²) in [5, 5.41) is 14.4. The molecule has 0 heterocycles. The number of benzene rings is 4. The Labute approximate surface area is 204 Å². The highest BCUT2D eigenvalue weighted by Crippen LogP contribution is 2.38. The fourth-order valence-electron chi connectivity index (χ4n) is 4.13. The lowest BCUT2D eigenvalue weighted by Crippen LogP contribution is -2.62. The van der Waals surface area contributed by atoms with Crippen LogP contribution < -0.4 is 10.1 Å². The average Bonchev–Trinajstić information content (AvgIpc) is 2.88. The third-order valence-electron chi connectivity index (χ3n) is 5.88. The summed E-state index contributed by atoms with van der Waals surface area (Å²) in [5.41, 5.74) is 0.353. The van der Waals surface area contributed by atoms with Gasteiger partial charge in [0.2, 0.25) is 0 Å². The summed E-state index contributed by atoms with van der Waals surface area (Å²) in [4.78, 5) is 12.7. The summed E-state index contributed by atoms with van der Waals surface area (Å²) in [5.74, 6) is -0.520. The van der Waals surface area contributed by atoms with E-state index in [1.54, 1.807) is 31.2 Å². The van der Waals surface area contributed by atoms with Crippen LogP contribution in [0.2, 0.25) is 5.02 Å². The Morgan fingerprint density at radius 2 is 1.26 bits per heavy atom. The molecular formula is C29H26ClNO3. The minimum absolute atomic E-state index is 0.114. The molecule has 4 nitrogen and oxygen atoms in total. The Kier molecular flexibility index (Phi) is 7.01. The summed E-state index contributed by atoms with van der Waals surface area (Å²) in [6.45, 7) is 1.53. The predicted molar refractivity (Wildman–Crippen MR) is 135 cm³/mol. The topological polar surface area (TPSA) is 58.6 Å². The lowest BCUT2D eigenvalue weighted by molar-refractivity contribution is -0.146. The number of rotatable bonds is 9. The van der Waals surface area contributed by atoms with E-state index in [0.29, 0.717) is 10.8 Å². The molecule has 0 saturated carbocycles. The molecule has 34 heavy (non-hydrogen) atoms. The van der Waals surface area contributed by atoms with Gasteiger partial charge in [-0.1, -0.05) is 109 Å². The van der Waals surface area contributed by atoms with E-state index in [1.807, 2.05) is 91.0 Å². The molecule has 2 N–H and O–H groups in total. The van der Waals surface area contributed by atoms with Crippen LogP contribution in [0, 0.1) is 0 Å². The third-order valence-corrected chi connectivity index (χ3v) is 6.11. The van der Waals surface area contributed by atoms with E-state index in [0.717, 1.165) is 16.7 Å². The second kappa shape index (κ2) is 10.1. The van der Waals surface area contributed by atoms with E-state index in [-0.39, 0.29) is 6.61 Å². The normalized spacial score (nSPS) is 13.1. The zero-order valence-electron chi connectivity index (χ0n) is 18.8. The monoisotopic (exact) mass is 471 g/mol. The highest BCUT2D eigenvalue weighted by atomic mass is 35.5. The Balaban J connectivity index is 1.86. The molecule has 4 rings (SSSR count). The van der Waals surface area contributed by atoms with Crippen LogP contribution in [0.5, 0.6) is 5.75 Å². The van der Waals surface area contributed by atoms with E-state index in [2.05, 4.69) is 5.32 Å². The molecule has 0 amide bonds. The molecule has 172 valence electrons. The van der Waals surface area contributed by atoms with Crippen molar-refractivity contribution in [3.8, 4) is 5.75 Å². The molecule has 1 atom stereocenters. The van der Waals surface area contributed by atoms with Crippen LogP contribution >= 0.6 is 11.6 Å². The molecule has 4 aromatic rings. The number of halogens is 1. The molecule has 0 saturated heterocycles. The van der Waals surface area contributed by atoms with Gasteiger partial charge in [-0.15, -0.1) is 0 Å². The number of hydrogen-bond acceptors (Lipinski definition) is 3. The number of carboxylic acid groups (broad SMARTS) is 1. The molecule has 0 aliphatic carbocycles. The SMILES string of the molecule is C[C@@](COc1cccc(Cl)c1)(NC(c1ccccc1)(c1ccccc1)c1ccccc1)C(=O)O. The summed E-state index contributed by atoms with van der Waals surface area (Å²) < 4.78 is 5.94. The van der Waals surface area contributed by atoms with Gasteiger partial charge < -0.3 is 9.84 Å². The number of nitrogens with one attached hydrogen (secondary N) is 1. The maximum Gasteiger partial charge on any atom is 0.327 e. The van der Waals surface area contributed by atoms with Gasteiger partial charge in [-0.3, -0.25) is 10.1 Å². The van der Waals surface area contributed by atoms with E-state index in [9.17, 15) is 9.90 Å². The van der Waals surface area contributed by atoms with Crippen molar-refractivity contribution in [1.82, 2.24) is 5.32 Å². The summed E-state index contributed by atoms with van der Waals surface area (Å²) in [6.07, 6.45) is 0. The number of carbonyl (C=O) groups is 1. The number of hydrogen-bond donors (Lipinski definition) is 2. The van der Waals surface area contributed by atoms with E-state index in [1.165, 1.54) is 0 Å². The molecule has 5 heteroatoms. The van der Waals surface area contributed by atoms with Crippen LogP contribution in [0.3, 0.4) is 0 Å². The minimum Gasteiger partial charge on any atom is -0.491 e. The summed E-state index contributed by atoms with van der Waals surface area (Å²) in [7, 11) is 0. The largest absolute Gasteiger partial charge is 0.491 e.